The van der Waals surface area contributed by atoms with Crippen molar-refractivity contribution in [2.75, 3.05) is 12.3 Å². The molecule has 1 saturated carbocycles. The van der Waals surface area contributed by atoms with E-state index in [1.807, 2.05) is 24.2 Å². The van der Waals surface area contributed by atoms with Crippen LogP contribution < -0.4 is 5.32 Å². The van der Waals surface area contributed by atoms with Crippen LogP contribution in [0.3, 0.4) is 0 Å². The SMILES string of the molecule is CC1CCCC(NCCSc2ccncc2)C1. The van der Waals surface area contributed by atoms with E-state index in [4.69, 9.17) is 0 Å². The molecule has 1 heterocycles. The second-order valence-electron chi connectivity index (χ2n) is 4.95. The van der Waals surface area contributed by atoms with E-state index in [0.717, 1.165) is 24.3 Å². The minimum Gasteiger partial charge on any atom is -0.313 e. The summed E-state index contributed by atoms with van der Waals surface area (Å²) < 4.78 is 0. The van der Waals surface area contributed by atoms with Crippen LogP contribution in [0.4, 0.5) is 0 Å². The van der Waals surface area contributed by atoms with Crippen molar-refractivity contribution in [3.8, 4) is 0 Å². The Hall–Kier alpha value is -0.540. The summed E-state index contributed by atoms with van der Waals surface area (Å²) in [5.41, 5.74) is 0. The van der Waals surface area contributed by atoms with E-state index >= 15 is 0 Å². The van der Waals surface area contributed by atoms with Gasteiger partial charge in [-0.25, -0.2) is 0 Å². The van der Waals surface area contributed by atoms with Crippen LogP contribution in [0.1, 0.15) is 32.6 Å². The molecule has 17 heavy (non-hydrogen) atoms. The van der Waals surface area contributed by atoms with Gasteiger partial charge in [0.25, 0.3) is 0 Å². The molecular formula is C14H22N2S. The maximum Gasteiger partial charge on any atom is 0.0278 e. The van der Waals surface area contributed by atoms with Crippen LogP contribution >= 0.6 is 11.8 Å². The van der Waals surface area contributed by atoms with Crippen molar-refractivity contribution < 1.29 is 0 Å². The van der Waals surface area contributed by atoms with E-state index in [0.29, 0.717) is 0 Å². The van der Waals surface area contributed by atoms with Crippen molar-refractivity contribution in [1.82, 2.24) is 10.3 Å². The van der Waals surface area contributed by atoms with E-state index in [1.54, 1.807) is 0 Å². The minimum atomic E-state index is 0.761. The Kier molecular flexibility index (Phi) is 5.33. The van der Waals surface area contributed by atoms with Crippen molar-refractivity contribution in [1.29, 1.82) is 0 Å². The summed E-state index contributed by atoms with van der Waals surface area (Å²) in [6.07, 6.45) is 9.27. The normalized spacial score (nSPS) is 24.8. The van der Waals surface area contributed by atoms with Gasteiger partial charge in [-0.1, -0.05) is 19.8 Å². The van der Waals surface area contributed by atoms with E-state index in [9.17, 15) is 0 Å². The third-order valence-electron chi connectivity index (χ3n) is 3.39. The Morgan fingerprint density at radius 1 is 1.35 bits per heavy atom. The Morgan fingerprint density at radius 3 is 2.94 bits per heavy atom. The van der Waals surface area contributed by atoms with Gasteiger partial charge in [0.1, 0.15) is 0 Å². The molecule has 0 aromatic carbocycles. The lowest BCUT2D eigenvalue weighted by Gasteiger charge is -2.27. The summed E-state index contributed by atoms with van der Waals surface area (Å²) in [4.78, 5) is 5.34. The van der Waals surface area contributed by atoms with Crippen molar-refractivity contribution in [2.24, 2.45) is 5.92 Å². The molecule has 2 rings (SSSR count). The monoisotopic (exact) mass is 250 g/mol. The van der Waals surface area contributed by atoms with Crippen LogP contribution in [0.15, 0.2) is 29.4 Å². The Morgan fingerprint density at radius 2 is 2.18 bits per heavy atom. The van der Waals surface area contributed by atoms with Crippen molar-refractivity contribution in [2.45, 2.75) is 43.5 Å². The zero-order chi connectivity index (χ0) is 11.9. The predicted octanol–water partition coefficient (Wildman–Crippen LogP) is 3.34. The molecule has 0 amide bonds. The molecule has 1 aromatic heterocycles. The molecule has 0 saturated heterocycles. The molecule has 3 heteroatoms. The molecule has 2 unspecified atom stereocenters. The molecule has 1 fully saturated rings. The molecule has 0 aliphatic heterocycles. The largest absolute Gasteiger partial charge is 0.313 e. The lowest BCUT2D eigenvalue weighted by atomic mass is 9.87. The highest BCUT2D eigenvalue weighted by Crippen LogP contribution is 2.23. The number of hydrogen-bond donors (Lipinski definition) is 1. The first-order valence-electron chi connectivity index (χ1n) is 6.61. The number of rotatable bonds is 5. The van der Waals surface area contributed by atoms with E-state index < -0.39 is 0 Å². The first kappa shape index (κ1) is 12.9. The zero-order valence-corrected chi connectivity index (χ0v) is 11.4. The zero-order valence-electron chi connectivity index (χ0n) is 10.6. The van der Waals surface area contributed by atoms with Crippen molar-refractivity contribution >= 4 is 11.8 Å². The summed E-state index contributed by atoms with van der Waals surface area (Å²) in [6.45, 7) is 3.49. The molecule has 1 aromatic rings. The molecule has 2 atom stereocenters. The third-order valence-corrected chi connectivity index (χ3v) is 4.40. The van der Waals surface area contributed by atoms with Crippen LogP contribution in [-0.2, 0) is 0 Å². The van der Waals surface area contributed by atoms with Gasteiger partial charge in [0.2, 0.25) is 0 Å². The second-order valence-corrected chi connectivity index (χ2v) is 6.12. The summed E-state index contributed by atoms with van der Waals surface area (Å²) >= 11 is 1.91. The summed E-state index contributed by atoms with van der Waals surface area (Å²) in [7, 11) is 0. The topological polar surface area (TPSA) is 24.9 Å². The van der Waals surface area contributed by atoms with E-state index in [-0.39, 0.29) is 0 Å². The van der Waals surface area contributed by atoms with Gasteiger partial charge in [-0.05, 0) is 30.9 Å². The van der Waals surface area contributed by atoms with Gasteiger partial charge in [0.15, 0.2) is 0 Å². The average Bonchev–Trinajstić information content (AvgIpc) is 2.36. The Balaban J connectivity index is 1.60. The summed E-state index contributed by atoms with van der Waals surface area (Å²) in [5, 5.41) is 3.69. The molecule has 0 radical (unpaired) electrons. The number of aromatic nitrogens is 1. The number of nitrogens with one attached hydrogen (secondary N) is 1. The first-order valence-corrected chi connectivity index (χ1v) is 7.59. The number of hydrogen-bond acceptors (Lipinski definition) is 3. The number of nitrogens with zero attached hydrogens (tertiary/aromatic N) is 1. The van der Waals surface area contributed by atoms with Crippen molar-refractivity contribution in [3.63, 3.8) is 0 Å². The van der Waals surface area contributed by atoms with Gasteiger partial charge >= 0.3 is 0 Å². The quantitative estimate of drug-likeness (QED) is 0.641. The maximum atomic E-state index is 4.03. The molecular weight excluding hydrogens is 228 g/mol. The number of thioether (sulfide) groups is 1. The van der Waals surface area contributed by atoms with E-state index in [2.05, 4.69) is 29.4 Å². The lowest BCUT2D eigenvalue weighted by Crippen LogP contribution is -2.34. The third kappa shape index (κ3) is 4.68. The molecule has 94 valence electrons. The summed E-state index contributed by atoms with van der Waals surface area (Å²) in [6, 6.07) is 4.91. The van der Waals surface area contributed by atoms with Gasteiger partial charge in [-0.15, -0.1) is 11.8 Å². The molecule has 1 aliphatic carbocycles. The molecule has 0 bridgehead atoms. The van der Waals surface area contributed by atoms with Crippen molar-refractivity contribution in [3.05, 3.63) is 24.5 Å². The first-order chi connectivity index (χ1) is 8.34. The summed E-state index contributed by atoms with van der Waals surface area (Å²) in [5.74, 6) is 2.06. The Bertz CT molecular complexity index is 315. The standard InChI is InChI=1S/C14H22N2S/c1-12-3-2-4-13(11-12)16-9-10-17-14-5-7-15-8-6-14/h5-8,12-13,16H,2-4,9-11H2,1H3. The average molecular weight is 250 g/mol. The second kappa shape index (κ2) is 7.02. The van der Waals surface area contributed by atoms with Crippen LogP contribution in [0.2, 0.25) is 0 Å². The van der Waals surface area contributed by atoms with E-state index in [1.165, 1.54) is 30.6 Å². The highest BCUT2D eigenvalue weighted by Gasteiger charge is 2.17. The molecule has 2 nitrogen and oxygen atoms in total. The van der Waals surface area contributed by atoms with Crippen LogP contribution in [0, 0.1) is 5.92 Å². The molecule has 1 N–H and O–H groups in total. The highest BCUT2D eigenvalue weighted by molar-refractivity contribution is 7.99. The molecule has 1 aliphatic rings. The smallest absolute Gasteiger partial charge is 0.0278 e. The van der Waals surface area contributed by atoms with Crippen LogP contribution in [-0.4, -0.2) is 23.3 Å². The van der Waals surface area contributed by atoms with Gasteiger partial charge < -0.3 is 5.32 Å². The van der Waals surface area contributed by atoms with Gasteiger partial charge in [-0.2, -0.15) is 0 Å². The maximum absolute atomic E-state index is 4.03. The fourth-order valence-electron chi connectivity index (χ4n) is 2.49. The predicted molar refractivity (Wildman–Crippen MR) is 74.4 cm³/mol. The fraction of sp³-hybridized carbons (Fsp3) is 0.643. The minimum absolute atomic E-state index is 0.761. The van der Waals surface area contributed by atoms with Gasteiger partial charge in [0.05, 0.1) is 0 Å². The molecule has 0 spiro atoms. The fourth-order valence-corrected chi connectivity index (χ4v) is 3.26. The highest BCUT2D eigenvalue weighted by atomic mass is 32.2. The van der Waals surface area contributed by atoms with Gasteiger partial charge in [0, 0.05) is 35.6 Å². The Labute approximate surface area is 109 Å². The van der Waals surface area contributed by atoms with Gasteiger partial charge in [-0.3, -0.25) is 4.98 Å². The van der Waals surface area contributed by atoms with Crippen LogP contribution in [0.5, 0.6) is 0 Å². The van der Waals surface area contributed by atoms with Crippen LogP contribution in [0.25, 0.3) is 0 Å². The lowest BCUT2D eigenvalue weighted by molar-refractivity contribution is 0.306. The number of pyridine rings is 1.